The fraction of sp³-hybridized carbons (Fsp3) is 0.318. The Kier molecular flexibility index (Phi) is 6.95. The number of carboxylic acids is 1. The predicted molar refractivity (Wildman–Crippen MR) is 116 cm³/mol. The topological polar surface area (TPSA) is 82.9 Å². The summed E-state index contributed by atoms with van der Waals surface area (Å²) in [7, 11) is 0. The molecule has 0 radical (unpaired) electrons. The lowest BCUT2D eigenvalue weighted by molar-refractivity contribution is -0.139. The molecule has 3 aromatic rings. The van der Waals surface area contributed by atoms with E-state index in [1.807, 2.05) is 73.0 Å². The standard InChI is InChI=1S/C22H26N4O2S/c1-15-10-12-17(13-11-15)16(2)23-19(21(27)28)9-6-14-26-20(24-25-22(26)29)18-7-4-3-5-8-18/h3-5,7-8,10-13,16,19,23H,6,9,14H2,1-2H3,(H,25,29)(H,27,28)/t16?,19-/m0/s1. The molecule has 1 heterocycles. The van der Waals surface area contributed by atoms with Crippen molar-refractivity contribution in [1.82, 2.24) is 20.1 Å². The van der Waals surface area contributed by atoms with E-state index in [9.17, 15) is 9.90 Å². The van der Waals surface area contributed by atoms with E-state index in [2.05, 4.69) is 15.5 Å². The molecule has 3 rings (SSSR count). The number of benzene rings is 2. The van der Waals surface area contributed by atoms with Crippen molar-refractivity contribution in [2.75, 3.05) is 0 Å². The first-order chi connectivity index (χ1) is 14.0. The molecule has 0 aliphatic heterocycles. The predicted octanol–water partition coefficient (Wildman–Crippen LogP) is 4.50. The van der Waals surface area contributed by atoms with Gasteiger partial charge in [0.05, 0.1) is 0 Å². The van der Waals surface area contributed by atoms with E-state index in [0.29, 0.717) is 24.2 Å². The van der Waals surface area contributed by atoms with Gasteiger partial charge in [-0.05, 0) is 44.5 Å². The van der Waals surface area contributed by atoms with E-state index in [-0.39, 0.29) is 6.04 Å². The van der Waals surface area contributed by atoms with Crippen LogP contribution in [-0.2, 0) is 11.3 Å². The number of rotatable bonds is 9. The Morgan fingerprint density at radius 2 is 1.90 bits per heavy atom. The minimum Gasteiger partial charge on any atom is -0.480 e. The lowest BCUT2D eigenvalue weighted by atomic mass is 10.0. The lowest BCUT2D eigenvalue weighted by Crippen LogP contribution is -2.38. The maximum atomic E-state index is 11.8. The van der Waals surface area contributed by atoms with Gasteiger partial charge in [0.2, 0.25) is 0 Å². The van der Waals surface area contributed by atoms with E-state index in [4.69, 9.17) is 12.2 Å². The molecule has 0 fully saturated rings. The van der Waals surface area contributed by atoms with Crippen LogP contribution in [0.3, 0.4) is 0 Å². The number of carbonyl (C=O) groups is 1. The van der Waals surface area contributed by atoms with Gasteiger partial charge in [-0.1, -0.05) is 60.2 Å². The highest BCUT2D eigenvalue weighted by Gasteiger charge is 2.20. The Balaban J connectivity index is 1.63. The average molecular weight is 411 g/mol. The Hall–Kier alpha value is -2.77. The Bertz CT molecular complexity index is 996. The SMILES string of the molecule is Cc1ccc(C(C)N[C@@H](CCCn2c(-c3ccccc3)n[nH]c2=S)C(=O)O)cc1. The van der Waals surface area contributed by atoms with Crippen molar-refractivity contribution in [3.8, 4) is 11.4 Å². The second-order valence-corrected chi connectivity index (χ2v) is 7.59. The van der Waals surface area contributed by atoms with E-state index in [0.717, 1.165) is 17.0 Å². The van der Waals surface area contributed by atoms with Crippen molar-refractivity contribution in [3.05, 3.63) is 70.5 Å². The number of aliphatic carboxylic acids is 1. The van der Waals surface area contributed by atoms with Crippen LogP contribution in [0.15, 0.2) is 54.6 Å². The Morgan fingerprint density at radius 3 is 2.55 bits per heavy atom. The molecule has 3 N–H and O–H groups in total. The van der Waals surface area contributed by atoms with Crippen molar-refractivity contribution in [2.24, 2.45) is 0 Å². The molecule has 1 unspecified atom stereocenters. The average Bonchev–Trinajstić information content (AvgIpc) is 3.08. The zero-order valence-corrected chi connectivity index (χ0v) is 17.4. The van der Waals surface area contributed by atoms with Crippen LogP contribution in [0.25, 0.3) is 11.4 Å². The molecule has 0 aliphatic carbocycles. The molecule has 2 atom stereocenters. The van der Waals surface area contributed by atoms with E-state index in [1.165, 1.54) is 5.56 Å². The van der Waals surface area contributed by atoms with Gasteiger partial charge < -0.3 is 9.67 Å². The molecule has 29 heavy (non-hydrogen) atoms. The van der Waals surface area contributed by atoms with Gasteiger partial charge in [0.15, 0.2) is 10.6 Å². The molecule has 6 nitrogen and oxygen atoms in total. The zero-order valence-electron chi connectivity index (χ0n) is 16.6. The van der Waals surface area contributed by atoms with Crippen molar-refractivity contribution >= 4 is 18.2 Å². The van der Waals surface area contributed by atoms with Gasteiger partial charge in [-0.2, -0.15) is 5.10 Å². The second kappa shape index (κ2) is 9.62. The first-order valence-electron chi connectivity index (χ1n) is 9.71. The monoisotopic (exact) mass is 410 g/mol. The molecule has 0 amide bonds. The van der Waals surface area contributed by atoms with Crippen LogP contribution >= 0.6 is 12.2 Å². The van der Waals surface area contributed by atoms with Gasteiger partial charge in [-0.3, -0.25) is 15.2 Å². The molecule has 0 saturated carbocycles. The van der Waals surface area contributed by atoms with Gasteiger partial charge in [-0.15, -0.1) is 0 Å². The fourth-order valence-corrected chi connectivity index (χ4v) is 3.54. The van der Waals surface area contributed by atoms with Crippen LogP contribution in [0.5, 0.6) is 0 Å². The third kappa shape index (κ3) is 5.40. The molecule has 0 bridgehead atoms. The number of aromatic amines is 1. The van der Waals surface area contributed by atoms with E-state index in [1.54, 1.807) is 0 Å². The molecule has 152 valence electrons. The Morgan fingerprint density at radius 1 is 1.21 bits per heavy atom. The first-order valence-corrected chi connectivity index (χ1v) is 10.1. The molecule has 0 spiro atoms. The summed E-state index contributed by atoms with van der Waals surface area (Å²) in [6.07, 6.45) is 1.16. The summed E-state index contributed by atoms with van der Waals surface area (Å²) in [5.41, 5.74) is 3.23. The van der Waals surface area contributed by atoms with Crippen LogP contribution < -0.4 is 5.32 Å². The maximum absolute atomic E-state index is 11.8. The van der Waals surface area contributed by atoms with Crippen molar-refractivity contribution in [3.63, 3.8) is 0 Å². The van der Waals surface area contributed by atoms with Crippen LogP contribution in [0, 0.1) is 11.7 Å². The van der Waals surface area contributed by atoms with Crippen LogP contribution in [0.2, 0.25) is 0 Å². The van der Waals surface area contributed by atoms with Crippen molar-refractivity contribution < 1.29 is 9.90 Å². The third-order valence-electron chi connectivity index (χ3n) is 4.99. The third-order valence-corrected chi connectivity index (χ3v) is 5.30. The second-order valence-electron chi connectivity index (χ2n) is 7.20. The summed E-state index contributed by atoms with van der Waals surface area (Å²) in [5, 5.41) is 20.1. The molecular weight excluding hydrogens is 384 g/mol. The summed E-state index contributed by atoms with van der Waals surface area (Å²) in [5.74, 6) is -0.0773. The number of hydrogen-bond donors (Lipinski definition) is 3. The minimum atomic E-state index is -0.844. The Labute approximate surface area is 175 Å². The molecule has 0 saturated heterocycles. The number of nitrogens with zero attached hydrogens (tertiary/aromatic N) is 2. The number of hydrogen-bond acceptors (Lipinski definition) is 4. The lowest BCUT2D eigenvalue weighted by Gasteiger charge is -2.21. The van der Waals surface area contributed by atoms with Gasteiger partial charge in [0.1, 0.15) is 6.04 Å². The van der Waals surface area contributed by atoms with Crippen molar-refractivity contribution in [1.29, 1.82) is 0 Å². The summed E-state index contributed by atoms with van der Waals surface area (Å²) in [4.78, 5) is 11.8. The zero-order chi connectivity index (χ0) is 20.8. The van der Waals surface area contributed by atoms with Crippen LogP contribution in [0.4, 0.5) is 0 Å². The molecule has 1 aromatic heterocycles. The highest BCUT2D eigenvalue weighted by Crippen LogP contribution is 2.19. The van der Waals surface area contributed by atoms with Crippen LogP contribution in [-0.4, -0.2) is 31.9 Å². The molecule has 0 aliphatic rings. The first kappa shape index (κ1) is 21.0. The smallest absolute Gasteiger partial charge is 0.320 e. The number of aryl methyl sites for hydroxylation is 1. The quantitative estimate of drug-likeness (QED) is 0.453. The normalized spacial score (nSPS) is 13.2. The maximum Gasteiger partial charge on any atom is 0.320 e. The number of H-pyrrole nitrogens is 1. The minimum absolute atomic E-state index is 0.0485. The number of nitrogens with one attached hydrogen (secondary N) is 2. The fourth-order valence-electron chi connectivity index (χ4n) is 3.32. The summed E-state index contributed by atoms with van der Waals surface area (Å²) in [6, 6.07) is 17.3. The summed E-state index contributed by atoms with van der Waals surface area (Å²) in [6.45, 7) is 4.62. The largest absolute Gasteiger partial charge is 0.480 e. The highest BCUT2D eigenvalue weighted by molar-refractivity contribution is 7.71. The highest BCUT2D eigenvalue weighted by atomic mass is 32.1. The summed E-state index contributed by atoms with van der Waals surface area (Å²) >= 11 is 5.36. The van der Waals surface area contributed by atoms with Gasteiger partial charge in [-0.25, -0.2) is 0 Å². The number of aromatic nitrogens is 3. The van der Waals surface area contributed by atoms with E-state index >= 15 is 0 Å². The van der Waals surface area contributed by atoms with Gasteiger partial charge >= 0.3 is 5.97 Å². The van der Waals surface area contributed by atoms with Gasteiger partial charge in [0.25, 0.3) is 0 Å². The molecule has 2 aromatic carbocycles. The molecule has 7 heteroatoms. The molecular formula is C22H26N4O2S. The summed E-state index contributed by atoms with van der Waals surface area (Å²) < 4.78 is 2.46. The van der Waals surface area contributed by atoms with Crippen molar-refractivity contribution in [2.45, 2.75) is 45.3 Å². The van der Waals surface area contributed by atoms with E-state index < -0.39 is 12.0 Å². The number of carboxylic acid groups (broad SMARTS) is 1. The van der Waals surface area contributed by atoms with Crippen LogP contribution in [0.1, 0.15) is 36.9 Å². The van der Waals surface area contributed by atoms with Gasteiger partial charge in [0, 0.05) is 18.2 Å².